The van der Waals surface area contributed by atoms with E-state index in [1.54, 1.807) is 0 Å². The van der Waals surface area contributed by atoms with Crippen molar-refractivity contribution >= 4 is 23.6 Å². The van der Waals surface area contributed by atoms with Crippen molar-refractivity contribution in [2.45, 2.75) is 49.4 Å². The van der Waals surface area contributed by atoms with Crippen LogP contribution in [0.3, 0.4) is 0 Å². The minimum atomic E-state index is 0.142. The smallest absolute Gasteiger partial charge is 0.248 e. The molecule has 0 N–H and O–H groups in total. The number of hydrogen-bond donors (Lipinski definition) is 0. The van der Waals surface area contributed by atoms with E-state index >= 15 is 0 Å². The van der Waals surface area contributed by atoms with E-state index in [4.69, 9.17) is 4.74 Å². The zero-order chi connectivity index (χ0) is 15.9. The largest absolute Gasteiger partial charge is 0.367 e. The fourth-order valence-electron chi connectivity index (χ4n) is 4.10. The van der Waals surface area contributed by atoms with Gasteiger partial charge in [0.25, 0.3) is 0 Å². The summed E-state index contributed by atoms with van der Waals surface area (Å²) in [5.74, 6) is 1.78. The van der Waals surface area contributed by atoms with Crippen molar-refractivity contribution in [1.82, 2.24) is 9.80 Å². The number of carbonyl (C=O) groups excluding carboxylic acids is 2. The zero-order valence-corrected chi connectivity index (χ0v) is 14.5. The lowest BCUT2D eigenvalue weighted by molar-refractivity contribution is -0.144. The van der Waals surface area contributed by atoms with Crippen LogP contribution in [0.25, 0.3) is 0 Å². The number of thioether (sulfide) groups is 1. The second kappa shape index (κ2) is 6.28. The normalized spacial score (nSPS) is 29.7. The Hall–Kier alpha value is -0.750. The van der Waals surface area contributed by atoms with Crippen LogP contribution < -0.4 is 0 Å². The summed E-state index contributed by atoms with van der Waals surface area (Å²) in [6.07, 6.45) is 6.79. The quantitative estimate of drug-likeness (QED) is 0.780. The average molecular weight is 338 g/mol. The third kappa shape index (κ3) is 3.12. The Balaban J connectivity index is 1.19. The lowest BCUT2D eigenvalue weighted by Crippen LogP contribution is -2.62. The molecule has 0 aromatic rings. The van der Waals surface area contributed by atoms with Gasteiger partial charge in [-0.1, -0.05) is 6.42 Å². The summed E-state index contributed by atoms with van der Waals surface area (Å²) in [5.41, 5.74) is 0. The van der Waals surface area contributed by atoms with Crippen molar-refractivity contribution < 1.29 is 14.3 Å². The average Bonchev–Trinajstić information content (AvgIpc) is 3.10. The van der Waals surface area contributed by atoms with E-state index in [1.807, 2.05) is 21.6 Å². The maximum atomic E-state index is 12.2. The summed E-state index contributed by atoms with van der Waals surface area (Å²) >= 11 is 1.94. The number of amides is 2. The number of carbonyl (C=O) groups is 2. The Kier molecular flexibility index (Phi) is 4.30. The molecular weight excluding hydrogens is 312 g/mol. The van der Waals surface area contributed by atoms with Gasteiger partial charge in [0.05, 0.1) is 10.9 Å². The summed E-state index contributed by atoms with van der Waals surface area (Å²) in [6, 6.07) is 0. The molecule has 1 saturated carbocycles. The van der Waals surface area contributed by atoms with Crippen molar-refractivity contribution in [2.75, 3.05) is 38.5 Å². The Morgan fingerprint density at radius 2 is 1.83 bits per heavy atom. The third-order valence-corrected chi connectivity index (χ3v) is 7.38. The summed E-state index contributed by atoms with van der Waals surface area (Å²) in [4.78, 5) is 28.2. The summed E-state index contributed by atoms with van der Waals surface area (Å²) in [7, 11) is 0. The zero-order valence-electron chi connectivity index (χ0n) is 13.7. The fraction of sp³-hybridized carbons (Fsp3) is 0.882. The van der Waals surface area contributed by atoms with Crippen molar-refractivity contribution in [2.24, 2.45) is 5.92 Å². The van der Waals surface area contributed by atoms with Gasteiger partial charge in [0.15, 0.2) is 0 Å². The Labute approximate surface area is 142 Å². The molecule has 5 nitrogen and oxygen atoms in total. The Morgan fingerprint density at radius 1 is 1.09 bits per heavy atom. The molecule has 6 heteroatoms. The van der Waals surface area contributed by atoms with Gasteiger partial charge in [0.1, 0.15) is 6.61 Å². The number of likely N-dealkylation sites (tertiary alicyclic amines) is 2. The van der Waals surface area contributed by atoms with Crippen LogP contribution in [0.2, 0.25) is 0 Å². The molecule has 1 atom stereocenters. The molecule has 23 heavy (non-hydrogen) atoms. The standard InChI is InChI=1S/C17H26N2O3S/c20-15(18-6-1-2-7-18)9-22-14-8-17(23-10-14)11-19(12-17)16(21)13-4-3-5-13/h13-14H,1-12H2/t14-/m0/s1. The van der Waals surface area contributed by atoms with Gasteiger partial charge in [0.2, 0.25) is 11.8 Å². The second-order valence-corrected chi connectivity index (χ2v) is 9.03. The summed E-state index contributed by atoms with van der Waals surface area (Å²) in [5, 5.41) is 0. The van der Waals surface area contributed by atoms with Gasteiger partial charge in [-0.05, 0) is 32.1 Å². The van der Waals surface area contributed by atoms with E-state index in [2.05, 4.69) is 0 Å². The van der Waals surface area contributed by atoms with Crippen molar-refractivity contribution in [3.8, 4) is 0 Å². The predicted octanol–water partition coefficient (Wildman–Crippen LogP) is 1.51. The van der Waals surface area contributed by atoms with E-state index in [0.717, 1.165) is 64.0 Å². The summed E-state index contributed by atoms with van der Waals surface area (Å²) < 4.78 is 6.08. The first kappa shape index (κ1) is 15.8. The van der Waals surface area contributed by atoms with Crippen LogP contribution in [0, 0.1) is 5.92 Å². The molecule has 0 aromatic heterocycles. The number of hydrogen-bond acceptors (Lipinski definition) is 4. The van der Waals surface area contributed by atoms with Crippen LogP contribution in [-0.4, -0.2) is 71.0 Å². The highest BCUT2D eigenvalue weighted by atomic mass is 32.2. The highest BCUT2D eigenvalue weighted by Gasteiger charge is 2.52. The van der Waals surface area contributed by atoms with Gasteiger partial charge in [-0.2, -0.15) is 0 Å². The lowest BCUT2D eigenvalue weighted by atomic mass is 9.82. The minimum absolute atomic E-state index is 0.142. The molecule has 0 aromatic carbocycles. The van der Waals surface area contributed by atoms with Crippen LogP contribution >= 0.6 is 11.8 Å². The second-order valence-electron chi connectivity index (χ2n) is 7.54. The van der Waals surface area contributed by atoms with Gasteiger partial charge >= 0.3 is 0 Å². The highest BCUT2D eigenvalue weighted by molar-refractivity contribution is 8.01. The van der Waals surface area contributed by atoms with Crippen LogP contribution in [0.15, 0.2) is 0 Å². The number of ether oxygens (including phenoxy) is 1. The van der Waals surface area contributed by atoms with Gasteiger partial charge in [-0.3, -0.25) is 9.59 Å². The molecule has 4 rings (SSSR count). The molecule has 0 bridgehead atoms. The van der Waals surface area contributed by atoms with Crippen molar-refractivity contribution in [3.63, 3.8) is 0 Å². The first-order valence-electron chi connectivity index (χ1n) is 8.97. The Morgan fingerprint density at radius 3 is 2.48 bits per heavy atom. The van der Waals surface area contributed by atoms with Gasteiger partial charge in [-0.25, -0.2) is 0 Å². The highest BCUT2D eigenvalue weighted by Crippen LogP contribution is 2.47. The molecule has 3 heterocycles. The molecule has 1 spiro atoms. The minimum Gasteiger partial charge on any atom is -0.367 e. The maximum Gasteiger partial charge on any atom is 0.248 e. The first-order valence-corrected chi connectivity index (χ1v) is 9.96. The van der Waals surface area contributed by atoms with Crippen LogP contribution in [-0.2, 0) is 14.3 Å². The van der Waals surface area contributed by atoms with E-state index in [0.29, 0.717) is 11.8 Å². The molecule has 3 aliphatic heterocycles. The molecule has 0 radical (unpaired) electrons. The van der Waals surface area contributed by atoms with Crippen LogP contribution in [0.4, 0.5) is 0 Å². The molecule has 1 aliphatic carbocycles. The van der Waals surface area contributed by atoms with Crippen LogP contribution in [0.5, 0.6) is 0 Å². The fourth-order valence-corrected chi connectivity index (χ4v) is 5.65. The van der Waals surface area contributed by atoms with Gasteiger partial charge in [-0.15, -0.1) is 11.8 Å². The van der Waals surface area contributed by atoms with E-state index in [1.165, 1.54) is 6.42 Å². The first-order chi connectivity index (χ1) is 11.2. The van der Waals surface area contributed by atoms with E-state index in [9.17, 15) is 9.59 Å². The Bertz CT molecular complexity index is 482. The molecule has 4 aliphatic rings. The number of rotatable bonds is 4. The topological polar surface area (TPSA) is 49.9 Å². The SMILES string of the molecule is O=C(CO[C@@H]1CSC2(C1)CN(C(=O)C1CCC1)C2)N1CCCC1. The van der Waals surface area contributed by atoms with E-state index < -0.39 is 0 Å². The van der Waals surface area contributed by atoms with E-state index in [-0.39, 0.29) is 23.4 Å². The van der Waals surface area contributed by atoms with Crippen LogP contribution in [0.1, 0.15) is 38.5 Å². The van der Waals surface area contributed by atoms with Gasteiger partial charge < -0.3 is 14.5 Å². The van der Waals surface area contributed by atoms with Gasteiger partial charge in [0, 0.05) is 37.8 Å². The molecular formula is C17H26N2O3S. The van der Waals surface area contributed by atoms with Crippen molar-refractivity contribution in [1.29, 1.82) is 0 Å². The molecule has 4 fully saturated rings. The lowest BCUT2D eigenvalue weighted by Gasteiger charge is -2.49. The predicted molar refractivity (Wildman–Crippen MR) is 89.3 cm³/mol. The third-order valence-electron chi connectivity index (χ3n) is 5.80. The molecule has 2 amide bonds. The molecule has 0 unspecified atom stereocenters. The monoisotopic (exact) mass is 338 g/mol. The molecule has 128 valence electrons. The molecule has 3 saturated heterocycles. The summed E-state index contributed by atoms with van der Waals surface area (Å²) in [6.45, 7) is 3.78. The maximum absolute atomic E-state index is 12.2. The van der Waals surface area contributed by atoms with Crippen molar-refractivity contribution in [3.05, 3.63) is 0 Å². The number of nitrogens with zero attached hydrogens (tertiary/aromatic N) is 2.